The van der Waals surface area contributed by atoms with E-state index in [1.807, 2.05) is 30.3 Å². The Balaban J connectivity index is 1.83. The van der Waals surface area contributed by atoms with Crippen molar-refractivity contribution in [1.82, 2.24) is 0 Å². The smallest absolute Gasteiger partial charge is 0.255 e. The first-order valence-corrected chi connectivity index (χ1v) is 6.90. The molecule has 3 rings (SSSR count). The van der Waals surface area contributed by atoms with E-state index in [1.165, 1.54) is 0 Å². The van der Waals surface area contributed by atoms with E-state index in [9.17, 15) is 4.79 Å². The molecule has 0 aliphatic carbocycles. The third-order valence-corrected chi connectivity index (χ3v) is 3.47. The minimum atomic E-state index is -0.149. The first-order valence-electron chi connectivity index (χ1n) is 6.90. The Morgan fingerprint density at radius 3 is 2.36 bits per heavy atom. The lowest BCUT2D eigenvalue weighted by molar-refractivity contribution is 0.102. The van der Waals surface area contributed by atoms with Crippen LogP contribution in [0.15, 0.2) is 60.7 Å². The summed E-state index contributed by atoms with van der Waals surface area (Å²) in [4.78, 5) is 12.3. The van der Waals surface area contributed by atoms with Crippen LogP contribution in [-0.4, -0.2) is 13.0 Å². The van der Waals surface area contributed by atoms with Crippen LogP contribution in [0, 0.1) is 0 Å². The topological polar surface area (TPSA) is 64.3 Å². The molecule has 1 amide bonds. The summed E-state index contributed by atoms with van der Waals surface area (Å²) in [5, 5.41) is 4.86. The van der Waals surface area contributed by atoms with Gasteiger partial charge in [-0.2, -0.15) is 0 Å². The van der Waals surface area contributed by atoms with Gasteiger partial charge in [-0.3, -0.25) is 4.79 Å². The SMILES string of the molecule is COc1ccc(NC(=O)c2ccc3cc(N)ccc3c2)cc1. The summed E-state index contributed by atoms with van der Waals surface area (Å²) in [5.41, 5.74) is 7.80. The predicted octanol–water partition coefficient (Wildman–Crippen LogP) is 3.68. The number of carbonyl (C=O) groups is 1. The monoisotopic (exact) mass is 292 g/mol. The number of hydrogen-bond acceptors (Lipinski definition) is 3. The van der Waals surface area contributed by atoms with Crippen molar-refractivity contribution in [2.45, 2.75) is 0 Å². The molecule has 0 fully saturated rings. The van der Waals surface area contributed by atoms with Crippen LogP contribution >= 0.6 is 0 Å². The van der Waals surface area contributed by atoms with Gasteiger partial charge in [0, 0.05) is 16.9 Å². The van der Waals surface area contributed by atoms with Gasteiger partial charge in [0.1, 0.15) is 5.75 Å². The summed E-state index contributed by atoms with van der Waals surface area (Å²) in [7, 11) is 1.61. The number of benzene rings is 3. The van der Waals surface area contributed by atoms with Crippen LogP contribution in [0.1, 0.15) is 10.4 Å². The molecule has 0 heterocycles. The number of nitrogens with one attached hydrogen (secondary N) is 1. The normalized spacial score (nSPS) is 10.4. The molecule has 0 atom stereocenters. The second kappa shape index (κ2) is 5.77. The van der Waals surface area contributed by atoms with Gasteiger partial charge in [0.25, 0.3) is 5.91 Å². The number of nitrogens with two attached hydrogens (primary N) is 1. The van der Waals surface area contributed by atoms with Crippen molar-refractivity contribution >= 4 is 28.1 Å². The summed E-state index contributed by atoms with van der Waals surface area (Å²) >= 11 is 0. The van der Waals surface area contributed by atoms with Crippen molar-refractivity contribution in [2.75, 3.05) is 18.2 Å². The average Bonchev–Trinajstić information content (AvgIpc) is 2.55. The molecule has 4 nitrogen and oxygen atoms in total. The molecule has 0 aliphatic heterocycles. The molecule has 4 heteroatoms. The quantitative estimate of drug-likeness (QED) is 0.724. The maximum atomic E-state index is 12.3. The summed E-state index contributed by atoms with van der Waals surface area (Å²) in [6.45, 7) is 0. The molecule has 0 aliphatic rings. The average molecular weight is 292 g/mol. The molecule has 3 N–H and O–H groups in total. The number of anilines is 2. The van der Waals surface area contributed by atoms with Crippen molar-refractivity contribution in [3.8, 4) is 5.75 Å². The molecule has 0 aromatic heterocycles. The fourth-order valence-corrected chi connectivity index (χ4v) is 2.28. The fraction of sp³-hybridized carbons (Fsp3) is 0.0556. The zero-order valence-electron chi connectivity index (χ0n) is 12.2. The summed E-state index contributed by atoms with van der Waals surface area (Å²) < 4.78 is 5.09. The van der Waals surface area contributed by atoms with E-state index in [1.54, 1.807) is 37.4 Å². The molecule has 3 aromatic rings. The lowest BCUT2D eigenvalue weighted by Crippen LogP contribution is -2.11. The highest BCUT2D eigenvalue weighted by atomic mass is 16.5. The molecule has 0 unspecified atom stereocenters. The number of hydrogen-bond donors (Lipinski definition) is 2. The number of carbonyl (C=O) groups excluding carboxylic acids is 1. The van der Waals surface area contributed by atoms with Gasteiger partial charge in [-0.05, 0) is 59.3 Å². The van der Waals surface area contributed by atoms with Gasteiger partial charge in [0.05, 0.1) is 7.11 Å². The Bertz CT molecular complexity index is 826. The number of fused-ring (bicyclic) bond motifs is 1. The number of rotatable bonds is 3. The highest BCUT2D eigenvalue weighted by molar-refractivity contribution is 6.06. The number of ether oxygens (including phenoxy) is 1. The van der Waals surface area contributed by atoms with Gasteiger partial charge >= 0.3 is 0 Å². The van der Waals surface area contributed by atoms with Gasteiger partial charge in [0.2, 0.25) is 0 Å². The largest absolute Gasteiger partial charge is 0.497 e. The van der Waals surface area contributed by atoms with Gasteiger partial charge in [-0.1, -0.05) is 12.1 Å². The highest BCUT2D eigenvalue weighted by Gasteiger charge is 2.07. The molecule has 22 heavy (non-hydrogen) atoms. The highest BCUT2D eigenvalue weighted by Crippen LogP contribution is 2.20. The van der Waals surface area contributed by atoms with E-state index in [2.05, 4.69) is 5.32 Å². The van der Waals surface area contributed by atoms with E-state index in [0.717, 1.165) is 22.2 Å². The van der Waals surface area contributed by atoms with Gasteiger partial charge < -0.3 is 15.8 Å². The minimum absolute atomic E-state index is 0.149. The van der Waals surface area contributed by atoms with E-state index < -0.39 is 0 Å². The van der Waals surface area contributed by atoms with Crippen LogP contribution in [0.3, 0.4) is 0 Å². The van der Waals surface area contributed by atoms with Gasteiger partial charge in [0.15, 0.2) is 0 Å². The second-order valence-corrected chi connectivity index (χ2v) is 5.00. The third-order valence-electron chi connectivity index (χ3n) is 3.47. The molecule has 0 saturated carbocycles. The Morgan fingerprint density at radius 1 is 0.955 bits per heavy atom. The first kappa shape index (κ1) is 13.9. The molecular formula is C18H16N2O2. The molecule has 0 radical (unpaired) electrons. The van der Waals surface area contributed by atoms with Crippen LogP contribution in [0.2, 0.25) is 0 Å². The Morgan fingerprint density at radius 2 is 1.64 bits per heavy atom. The van der Waals surface area contributed by atoms with E-state index in [-0.39, 0.29) is 5.91 Å². The number of methoxy groups -OCH3 is 1. The molecule has 0 spiro atoms. The Labute approximate surface area is 128 Å². The predicted molar refractivity (Wildman–Crippen MR) is 89.3 cm³/mol. The standard InChI is InChI=1S/C18H16N2O2/c1-22-17-8-6-16(7-9-17)20-18(21)14-3-2-13-11-15(19)5-4-12(13)10-14/h2-11H,19H2,1H3,(H,20,21). The third kappa shape index (κ3) is 2.86. The lowest BCUT2D eigenvalue weighted by atomic mass is 10.1. The van der Waals surface area contributed by atoms with E-state index in [4.69, 9.17) is 10.5 Å². The molecule has 110 valence electrons. The summed E-state index contributed by atoms with van der Waals surface area (Å²) in [5.74, 6) is 0.602. The summed E-state index contributed by atoms with van der Waals surface area (Å²) in [6, 6.07) is 18.4. The molecular weight excluding hydrogens is 276 g/mol. The van der Waals surface area contributed by atoms with Crippen LogP contribution in [0.5, 0.6) is 5.75 Å². The zero-order valence-corrected chi connectivity index (χ0v) is 12.2. The first-order chi connectivity index (χ1) is 10.7. The molecule has 0 bridgehead atoms. The number of nitrogen functional groups attached to an aromatic ring is 1. The van der Waals surface area contributed by atoms with Crippen LogP contribution < -0.4 is 15.8 Å². The van der Waals surface area contributed by atoms with Crippen LogP contribution in [0.4, 0.5) is 11.4 Å². The zero-order chi connectivity index (χ0) is 15.5. The minimum Gasteiger partial charge on any atom is -0.497 e. The van der Waals surface area contributed by atoms with E-state index >= 15 is 0 Å². The van der Waals surface area contributed by atoms with Crippen LogP contribution in [-0.2, 0) is 0 Å². The second-order valence-electron chi connectivity index (χ2n) is 5.00. The lowest BCUT2D eigenvalue weighted by Gasteiger charge is -2.07. The maximum Gasteiger partial charge on any atom is 0.255 e. The van der Waals surface area contributed by atoms with Crippen molar-refractivity contribution in [3.63, 3.8) is 0 Å². The molecule has 3 aromatic carbocycles. The fourth-order valence-electron chi connectivity index (χ4n) is 2.28. The summed E-state index contributed by atoms with van der Waals surface area (Å²) in [6.07, 6.45) is 0. The Hall–Kier alpha value is -3.01. The van der Waals surface area contributed by atoms with E-state index in [0.29, 0.717) is 11.3 Å². The maximum absolute atomic E-state index is 12.3. The van der Waals surface area contributed by atoms with Crippen LogP contribution in [0.25, 0.3) is 10.8 Å². The Kier molecular flexibility index (Phi) is 3.66. The van der Waals surface area contributed by atoms with Crippen molar-refractivity contribution in [1.29, 1.82) is 0 Å². The van der Waals surface area contributed by atoms with Crippen molar-refractivity contribution < 1.29 is 9.53 Å². The van der Waals surface area contributed by atoms with Gasteiger partial charge in [-0.15, -0.1) is 0 Å². The van der Waals surface area contributed by atoms with Crippen molar-refractivity contribution in [2.24, 2.45) is 0 Å². The van der Waals surface area contributed by atoms with Crippen molar-refractivity contribution in [3.05, 3.63) is 66.2 Å². The van der Waals surface area contributed by atoms with Gasteiger partial charge in [-0.25, -0.2) is 0 Å². The number of amides is 1. The molecule has 0 saturated heterocycles.